The van der Waals surface area contributed by atoms with E-state index in [1.807, 2.05) is 17.5 Å². The lowest BCUT2D eigenvalue weighted by molar-refractivity contribution is -0.991. The molecule has 2 rings (SSSR count). The zero-order chi connectivity index (χ0) is 13.0. The third kappa shape index (κ3) is 3.12. The Kier molecular flexibility index (Phi) is 4.01. The van der Waals surface area contributed by atoms with E-state index in [0.29, 0.717) is 5.56 Å². The summed E-state index contributed by atoms with van der Waals surface area (Å²) in [5, 5.41) is 20.4. The minimum Gasteiger partial charge on any atom is -0.595 e. The summed E-state index contributed by atoms with van der Waals surface area (Å²) in [6.45, 7) is 0. The lowest BCUT2D eigenvalue weighted by Crippen LogP contribution is -2.99. The Morgan fingerprint density at radius 2 is 2.00 bits per heavy atom. The van der Waals surface area contributed by atoms with Gasteiger partial charge in [-0.25, -0.2) is 5.21 Å². The third-order valence-electron chi connectivity index (χ3n) is 2.36. The van der Waals surface area contributed by atoms with Gasteiger partial charge in [0.2, 0.25) is 0 Å². The van der Waals surface area contributed by atoms with E-state index in [9.17, 15) is 10.0 Å². The Morgan fingerprint density at radius 1 is 1.28 bits per heavy atom. The second kappa shape index (κ2) is 5.70. The summed E-state index contributed by atoms with van der Waals surface area (Å²) in [6, 6.07) is 9.72. The van der Waals surface area contributed by atoms with Gasteiger partial charge in [0.1, 0.15) is 0 Å². The average Bonchev–Trinajstić information content (AvgIpc) is 2.89. The van der Waals surface area contributed by atoms with Gasteiger partial charge in [-0.3, -0.25) is 4.79 Å². The minimum absolute atomic E-state index is 0.139. The lowest BCUT2D eigenvalue weighted by Gasteiger charge is -2.10. The largest absolute Gasteiger partial charge is 0.595 e. The number of nitrogens with one attached hydrogen (secondary N) is 1. The van der Waals surface area contributed by atoms with Crippen LogP contribution >= 0.6 is 11.3 Å². The van der Waals surface area contributed by atoms with Crippen molar-refractivity contribution in [1.82, 2.24) is 0 Å². The molecular formula is C13H11NO3S. The number of hydrogen-bond donors (Lipinski definition) is 2. The molecule has 0 amide bonds. The van der Waals surface area contributed by atoms with E-state index in [-0.39, 0.29) is 11.5 Å². The fourth-order valence-corrected chi connectivity index (χ4v) is 2.04. The van der Waals surface area contributed by atoms with Gasteiger partial charge in [-0.05, 0) is 35.7 Å². The van der Waals surface area contributed by atoms with E-state index in [0.717, 1.165) is 4.88 Å². The fourth-order valence-electron chi connectivity index (χ4n) is 1.42. The summed E-state index contributed by atoms with van der Waals surface area (Å²) >= 11 is 1.55. The third-order valence-corrected chi connectivity index (χ3v) is 3.20. The van der Waals surface area contributed by atoms with Crippen LogP contribution < -0.4 is 5.23 Å². The van der Waals surface area contributed by atoms with E-state index < -0.39 is 5.23 Å². The SMILES string of the molecule is O=C(/C=C/c1cccs1)c1ccc([NH+]([O-])O)cc1. The maximum absolute atomic E-state index is 11.8. The van der Waals surface area contributed by atoms with Crippen LogP contribution in [0.25, 0.3) is 6.08 Å². The number of carbonyl (C=O) groups is 1. The summed E-state index contributed by atoms with van der Waals surface area (Å²) in [5.74, 6) is -0.139. The number of benzene rings is 1. The molecule has 1 unspecified atom stereocenters. The Hall–Kier alpha value is -1.79. The molecule has 0 bridgehead atoms. The van der Waals surface area contributed by atoms with Crippen LogP contribution in [-0.4, -0.2) is 11.0 Å². The lowest BCUT2D eigenvalue weighted by atomic mass is 10.1. The molecule has 0 radical (unpaired) electrons. The van der Waals surface area contributed by atoms with Gasteiger partial charge in [0.25, 0.3) is 0 Å². The number of rotatable bonds is 4. The van der Waals surface area contributed by atoms with E-state index >= 15 is 0 Å². The van der Waals surface area contributed by atoms with Crippen LogP contribution in [-0.2, 0) is 0 Å². The average molecular weight is 261 g/mol. The molecule has 0 aliphatic heterocycles. The highest BCUT2D eigenvalue weighted by Gasteiger charge is 2.04. The topological polar surface area (TPSA) is 64.8 Å². The molecule has 1 aromatic heterocycles. The molecule has 2 aromatic rings. The van der Waals surface area contributed by atoms with Crippen molar-refractivity contribution in [3.05, 3.63) is 63.5 Å². The van der Waals surface area contributed by atoms with Crippen molar-refractivity contribution < 1.29 is 15.2 Å². The highest BCUT2D eigenvalue weighted by molar-refractivity contribution is 7.10. The summed E-state index contributed by atoms with van der Waals surface area (Å²) in [7, 11) is 0. The molecule has 0 spiro atoms. The summed E-state index contributed by atoms with van der Waals surface area (Å²) in [4.78, 5) is 12.8. The van der Waals surface area contributed by atoms with E-state index in [2.05, 4.69) is 0 Å². The van der Waals surface area contributed by atoms with Gasteiger partial charge in [0.15, 0.2) is 11.5 Å². The molecular weight excluding hydrogens is 250 g/mol. The molecule has 0 aliphatic rings. The van der Waals surface area contributed by atoms with Crippen molar-refractivity contribution in [2.75, 3.05) is 0 Å². The Morgan fingerprint density at radius 3 is 2.56 bits per heavy atom. The first kappa shape index (κ1) is 12.7. The number of thiophene rings is 1. The molecule has 1 heterocycles. The molecule has 18 heavy (non-hydrogen) atoms. The van der Waals surface area contributed by atoms with Crippen molar-refractivity contribution in [2.24, 2.45) is 0 Å². The van der Waals surface area contributed by atoms with Gasteiger partial charge in [0.05, 0.1) is 0 Å². The van der Waals surface area contributed by atoms with Crippen molar-refractivity contribution in [1.29, 1.82) is 0 Å². The normalized spacial score (nSPS) is 12.8. The molecule has 0 saturated carbocycles. The van der Waals surface area contributed by atoms with Crippen molar-refractivity contribution >= 4 is 28.9 Å². The van der Waals surface area contributed by atoms with Crippen LogP contribution in [0.3, 0.4) is 0 Å². The number of carbonyl (C=O) groups excluding carboxylic acids is 1. The summed E-state index contributed by atoms with van der Waals surface area (Å²) < 4.78 is 0. The maximum Gasteiger partial charge on any atom is 0.185 e. The Labute approximate surface area is 108 Å². The second-order valence-corrected chi connectivity index (χ2v) is 4.57. The van der Waals surface area contributed by atoms with Crippen LogP contribution in [0.1, 0.15) is 15.2 Å². The highest BCUT2D eigenvalue weighted by atomic mass is 32.1. The number of quaternary nitrogens is 1. The maximum atomic E-state index is 11.8. The first-order valence-corrected chi connectivity index (χ1v) is 6.14. The molecule has 92 valence electrons. The molecule has 0 saturated heterocycles. The smallest absolute Gasteiger partial charge is 0.185 e. The Bertz CT molecular complexity index is 544. The van der Waals surface area contributed by atoms with Crippen molar-refractivity contribution in [2.45, 2.75) is 0 Å². The van der Waals surface area contributed by atoms with Gasteiger partial charge >= 0.3 is 0 Å². The van der Waals surface area contributed by atoms with Crippen LogP contribution in [0.5, 0.6) is 0 Å². The summed E-state index contributed by atoms with van der Waals surface area (Å²) in [6.07, 6.45) is 3.24. The minimum atomic E-state index is -0.997. The van der Waals surface area contributed by atoms with Gasteiger partial charge in [-0.1, -0.05) is 6.07 Å². The van der Waals surface area contributed by atoms with E-state index in [1.165, 1.54) is 30.3 Å². The number of allylic oxidation sites excluding steroid dienone is 1. The van der Waals surface area contributed by atoms with Crippen LogP contribution in [0.15, 0.2) is 47.9 Å². The fraction of sp³-hybridized carbons (Fsp3) is 0. The molecule has 1 aromatic carbocycles. The van der Waals surface area contributed by atoms with Crippen molar-refractivity contribution in [3.8, 4) is 0 Å². The zero-order valence-corrected chi connectivity index (χ0v) is 10.2. The highest BCUT2D eigenvalue weighted by Crippen LogP contribution is 2.12. The predicted molar refractivity (Wildman–Crippen MR) is 69.9 cm³/mol. The second-order valence-electron chi connectivity index (χ2n) is 3.60. The van der Waals surface area contributed by atoms with Crippen LogP contribution in [0, 0.1) is 5.21 Å². The van der Waals surface area contributed by atoms with Gasteiger partial charge in [0, 0.05) is 22.6 Å². The van der Waals surface area contributed by atoms with Crippen LogP contribution in [0.4, 0.5) is 5.69 Å². The van der Waals surface area contributed by atoms with Crippen LogP contribution in [0.2, 0.25) is 0 Å². The predicted octanol–water partition coefficient (Wildman–Crippen LogP) is 2.05. The van der Waals surface area contributed by atoms with Gasteiger partial charge in [-0.15, -0.1) is 11.3 Å². The van der Waals surface area contributed by atoms with Gasteiger partial charge in [-0.2, -0.15) is 5.23 Å². The first-order chi connectivity index (χ1) is 8.66. The molecule has 1 atom stereocenters. The zero-order valence-electron chi connectivity index (χ0n) is 9.37. The quantitative estimate of drug-likeness (QED) is 0.503. The molecule has 4 nitrogen and oxygen atoms in total. The Balaban J connectivity index is 2.09. The molecule has 0 aliphatic carbocycles. The molecule has 0 fully saturated rings. The van der Waals surface area contributed by atoms with E-state index in [1.54, 1.807) is 17.4 Å². The molecule has 5 heteroatoms. The molecule has 2 N–H and O–H groups in total. The first-order valence-electron chi connectivity index (χ1n) is 5.26. The number of hydrogen-bond acceptors (Lipinski definition) is 4. The van der Waals surface area contributed by atoms with Gasteiger partial charge < -0.3 is 5.21 Å². The van der Waals surface area contributed by atoms with E-state index in [4.69, 9.17) is 5.21 Å². The van der Waals surface area contributed by atoms with Crippen molar-refractivity contribution in [3.63, 3.8) is 0 Å². The monoisotopic (exact) mass is 261 g/mol. The number of ketones is 1. The standard InChI is InChI=1S/C13H11NO3S/c15-13(8-7-12-2-1-9-18-12)10-3-5-11(6-4-10)14(16)17/h1-9,14,16H/b8-7+. The summed E-state index contributed by atoms with van der Waals surface area (Å²) in [5.41, 5.74) is 0.654.